The molecule has 5 rings (SSSR count). The number of amides is 2. The lowest BCUT2D eigenvalue weighted by Crippen LogP contribution is -2.37. The van der Waals surface area contributed by atoms with Crippen molar-refractivity contribution in [3.63, 3.8) is 0 Å². The van der Waals surface area contributed by atoms with E-state index in [4.69, 9.17) is 28.4 Å². The van der Waals surface area contributed by atoms with E-state index in [-0.39, 0.29) is 19.8 Å². The van der Waals surface area contributed by atoms with E-state index in [0.29, 0.717) is 42.5 Å². The predicted molar refractivity (Wildman–Crippen MR) is 257 cm³/mol. The van der Waals surface area contributed by atoms with Crippen LogP contribution in [-0.2, 0) is 14.2 Å². The zero-order chi connectivity index (χ0) is 45.8. The number of rotatable bonds is 29. The second-order valence-electron chi connectivity index (χ2n) is 16.5. The molecule has 346 valence electrons. The fourth-order valence-corrected chi connectivity index (χ4v) is 6.86. The second kappa shape index (κ2) is 28.5. The van der Waals surface area contributed by atoms with Crippen molar-refractivity contribution in [1.29, 1.82) is 0 Å². The molecule has 0 aliphatic heterocycles. The zero-order valence-electron chi connectivity index (χ0n) is 38.1. The molecule has 2 N–H and O–H groups in total. The van der Waals surface area contributed by atoms with Gasteiger partial charge in [0.05, 0.1) is 30.8 Å². The summed E-state index contributed by atoms with van der Waals surface area (Å²) in [7, 11) is 0. The third-order valence-electron chi connectivity index (χ3n) is 10.7. The normalized spacial score (nSPS) is 11.0. The Bertz CT molecular complexity index is 2040. The SMILES string of the molecule is CCCCCCCCCCOc1ccc(C(=O)Oc2ccc(-c3ccc(OCCCCCCOCC(C)(COC(=O)Nc4ccccc4)COC(=O)Nc4ccccc4)cc3)cc2)cc1. The molecule has 0 bridgehead atoms. The van der Waals surface area contributed by atoms with Gasteiger partial charge in [0.25, 0.3) is 0 Å². The summed E-state index contributed by atoms with van der Waals surface area (Å²) in [5.41, 5.74) is 2.95. The van der Waals surface area contributed by atoms with E-state index in [0.717, 1.165) is 54.7 Å². The number of hydrogen-bond donors (Lipinski definition) is 2. The van der Waals surface area contributed by atoms with Crippen LogP contribution in [0.1, 0.15) is 101 Å². The van der Waals surface area contributed by atoms with Gasteiger partial charge in [0, 0.05) is 18.0 Å². The van der Waals surface area contributed by atoms with E-state index in [2.05, 4.69) is 17.6 Å². The number of carbonyl (C=O) groups excluding carboxylic acids is 3. The minimum atomic E-state index is -0.778. The molecule has 0 aromatic heterocycles. The van der Waals surface area contributed by atoms with Crippen LogP contribution in [0.15, 0.2) is 133 Å². The summed E-state index contributed by atoms with van der Waals surface area (Å²) in [6.45, 7) is 6.08. The van der Waals surface area contributed by atoms with Gasteiger partial charge in [0.15, 0.2) is 0 Å². The molecule has 0 fully saturated rings. The molecule has 0 atom stereocenters. The third kappa shape index (κ3) is 19.5. The molecule has 0 unspecified atom stereocenters. The Balaban J connectivity index is 0.943. The molecule has 0 aliphatic carbocycles. The molecular weight excluding hydrogens is 821 g/mol. The molecule has 0 saturated heterocycles. The topological polar surface area (TPSA) is 131 Å². The van der Waals surface area contributed by atoms with Crippen molar-refractivity contribution >= 4 is 29.5 Å². The third-order valence-corrected chi connectivity index (χ3v) is 10.7. The van der Waals surface area contributed by atoms with Gasteiger partial charge in [-0.2, -0.15) is 0 Å². The first-order valence-corrected chi connectivity index (χ1v) is 23.1. The van der Waals surface area contributed by atoms with Gasteiger partial charge in [-0.25, -0.2) is 14.4 Å². The first kappa shape index (κ1) is 49.7. The van der Waals surface area contributed by atoms with Gasteiger partial charge in [0.1, 0.15) is 30.5 Å². The Hall–Kier alpha value is -6.33. The summed E-state index contributed by atoms with van der Waals surface area (Å²) in [4.78, 5) is 37.8. The van der Waals surface area contributed by atoms with Crippen molar-refractivity contribution in [2.24, 2.45) is 5.41 Å². The smallest absolute Gasteiger partial charge is 0.411 e. The molecule has 0 aliphatic rings. The predicted octanol–water partition coefficient (Wildman–Crippen LogP) is 13.6. The molecule has 5 aromatic carbocycles. The van der Waals surface area contributed by atoms with Gasteiger partial charge in [0.2, 0.25) is 0 Å². The monoisotopic (exact) mass is 886 g/mol. The van der Waals surface area contributed by atoms with Crippen LogP contribution in [-0.4, -0.2) is 57.8 Å². The highest BCUT2D eigenvalue weighted by Gasteiger charge is 2.29. The number of benzene rings is 5. The van der Waals surface area contributed by atoms with Crippen LogP contribution in [0.4, 0.5) is 21.0 Å². The van der Waals surface area contributed by atoms with Crippen molar-refractivity contribution in [3.8, 4) is 28.4 Å². The molecule has 0 spiro atoms. The van der Waals surface area contributed by atoms with E-state index >= 15 is 0 Å². The summed E-state index contributed by atoms with van der Waals surface area (Å²) < 4.78 is 34.6. The van der Waals surface area contributed by atoms with Gasteiger partial charge in [-0.1, -0.05) is 126 Å². The molecule has 0 heterocycles. The molecule has 11 nitrogen and oxygen atoms in total. The number of hydrogen-bond acceptors (Lipinski definition) is 9. The van der Waals surface area contributed by atoms with Crippen molar-refractivity contribution in [1.82, 2.24) is 0 Å². The molecular formula is C54H66N2O9. The maximum Gasteiger partial charge on any atom is 0.411 e. The first-order chi connectivity index (χ1) is 31.8. The standard InChI is InChI=1S/C54H66N2O9/c1-3-4-5-6-7-8-9-19-38-62-49-33-29-45(30-34-49)51(57)65-50-35-27-44(28-36-50)43-25-31-48(32-26-43)61-39-20-11-10-18-37-60-40-54(2,41-63-52(58)55-46-21-14-12-15-22-46)42-64-53(59)56-47-23-16-13-17-24-47/h12-17,21-36H,3-11,18-20,37-42H2,1-2H3,(H,55,58)(H,56,59). The van der Waals surface area contributed by atoms with Crippen molar-refractivity contribution in [3.05, 3.63) is 139 Å². The van der Waals surface area contributed by atoms with Crippen molar-refractivity contribution < 1.29 is 42.8 Å². The average molecular weight is 887 g/mol. The molecule has 65 heavy (non-hydrogen) atoms. The number of esters is 1. The number of anilines is 2. The number of nitrogens with one attached hydrogen (secondary N) is 2. The van der Waals surface area contributed by atoms with E-state index < -0.39 is 23.6 Å². The summed E-state index contributed by atoms with van der Waals surface area (Å²) >= 11 is 0. The lowest BCUT2D eigenvalue weighted by Gasteiger charge is -2.28. The number of unbranched alkanes of at least 4 members (excludes halogenated alkanes) is 10. The zero-order valence-corrected chi connectivity index (χ0v) is 38.1. The van der Waals surface area contributed by atoms with Crippen LogP contribution in [0.3, 0.4) is 0 Å². The quantitative estimate of drug-likeness (QED) is 0.0274. The summed E-state index contributed by atoms with van der Waals surface area (Å²) in [5, 5.41) is 5.41. The Morgan fingerprint density at radius 2 is 0.877 bits per heavy atom. The van der Waals surface area contributed by atoms with Gasteiger partial charge >= 0.3 is 18.2 Å². The van der Waals surface area contributed by atoms with E-state index in [1.54, 1.807) is 48.5 Å². The minimum Gasteiger partial charge on any atom is -0.494 e. The first-order valence-electron chi connectivity index (χ1n) is 23.1. The maximum absolute atomic E-state index is 12.8. The van der Waals surface area contributed by atoms with Crippen LogP contribution in [0, 0.1) is 5.41 Å². The van der Waals surface area contributed by atoms with Crippen LogP contribution in [0.5, 0.6) is 17.2 Å². The van der Waals surface area contributed by atoms with Gasteiger partial charge in [-0.15, -0.1) is 0 Å². The fourth-order valence-electron chi connectivity index (χ4n) is 6.86. The molecule has 0 radical (unpaired) electrons. The second-order valence-corrected chi connectivity index (χ2v) is 16.5. The van der Waals surface area contributed by atoms with Gasteiger partial charge in [-0.3, -0.25) is 10.6 Å². The molecule has 5 aromatic rings. The number of ether oxygens (including phenoxy) is 6. The van der Waals surface area contributed by atoms with E-state index in [9.17, 15) is 14.4 Å². The van der Waals surface area contributed by atoms with Crippen LogP contribution in [0.25, 0.3) is 11.1 Å². The molecule has 0 saturated carbocycles. The Morgan fingerprint density at radius 3 is 1.35 bits per heavy atom. The van der Waals surface area contributed by atoms with Crippen LogP contribution >= 0.6 is 0 Å². The van der Waals surface area contributed by atoms with Gasteiger partial charge in [-0.05, 0) is 110 Å². The highest BCUT2D eigenvalue weighted by molar-refractivity contribution is 5.91. The number of carbonyl (C=O) groups is 3. The molecule has 11 heteroatoms. The van der Waals surface area contributed by atoms with Crippen molar-refractivity contribution in [2.75, 3.05) is 50.3 Å². The highest BCUT2D eigenvalue weighted by atomic mass is 16.6. The van der Waals surface area contributed by atoms with E-state index in [1.165, 1.54) is 44.9 Å². The van der Waals surface area contributed by atoms with Crippen LogP contribution in [0.2, 0.25) is 0 Å². The molecule has 2 amide bonds. The Kier molecular flexibility index (Phi) is 21.8. The van der Waals surface area contributed by atoms with Crippen LogP contribution < -0.4 is 24.8 Å². The lowest BCUT2D eigenvalue weighted by atomic mass is 9.94. The maximum atomic E-state index is 12.8. The summed E-state index contributed by atoms with van der Waals surface area (Å²) in [6.07, 6.45) is 12.5. The minimum absolute atomic E-state index is 0.0155. The highest BCUT2D eigenvalue weighted by Crippen LogP contribution is 2.26. The average Bonchev–Trinajstić information content (AvgIpc) is 3.33. The summed E-state index contributed by atoms with van der Waals surface area (Å²) in [6, 6.07) is 40.6. The summed E-state index contributed by atoms with van der Waals surface area (Å²) in [5.74, 6) is 1.62. The Labute approximate surface area is 385 Å². The Morgan fingerprint density at radius 1 is 0.462 bits per heavy atom. The number of para-hydroxylation sites is 2. The lowest BCUT2D eigenvalue weighted by molar-refractivity contribution is -0.0227. The fraction of sp³-hybridized carbons (Fsp3) is 0.389. The van der Waals surface area contributed by atoms with E-state index in [1.807, 2.05) is 91.9 Å². The van der Waals surface area contributed by atoms with Gasteiger partial charge < -0.3 is 28.4 Å². The van der Waals surface area contributed by atoms with Crippen molar-refractivity contribution in [2.45, 2.75) is 90.9 Å². The largest absolute Gasteiger partial charge is 0.494 e.